The molecule has 96 valence electrons. The Morgan fingerprint density at radius 2 is 2.12 bits per heavy atom. The zero-order valence-corrected chi connectivity index (χ0v) is 9.93. The van der Waals surface area contributed by atoms with Crippen LogP contribution < -0.4 is 0 Å². The van der Waals surface area contributed by atoms with E-state index >= 15 is 0 Å². The molecule has 1 aliphatic heterocycles. The maximum Gasteiger partial charge on any atom is 0.410 e. The van der Waals surface area contributed by atoms with E-state index in [0.717, 1.165) is 12.8 Å². The summed E-state index contributed by atoms with van der Waals surface area (Å²) in [5.41, 5.74) is 0. The summed E-state index contributed by atoms with van der Waals surface area (Å²) in [6.45, 7) is 4.76. The van der Waals surface area contributed by atoms with Crippen LogP contribution in [0.4, 0.5) is 4.79 Å². The summed E-state index contributed by atoms with van der Waals surface area (Å²) < 4.78 is 4.94. The van der Waals surface area contributed by atoms with Crippen LogP contribution in [-0.2, 0) is 9.53 Å². The van der Waals surface area contributed by atoms with Crippen molar-refractivity contribution in [3.8, 4) is 0 Å². The van der Waals surface area contributed by atoms with Crippen LogP contribution in [0.2, 0.25) is 0 Å². The predicted octanol–water partition coefficient (Wildman–Crippen LogP) is 1.89. The average molecular weight is 241 g/mol. The van der Waals surface area contributed by atoms with Crippen molar-refractivity contribution < 1.29 is 19.4 Å². The number of hydrogen-bond donors (Lipinski definition) is 1. The van der Waals surface area contributed by atoms with E-state index in [2.05, 4.69) is 6.58 Å². The normalized spacial score (nSPS) is 21.2. The standard InChI is InChI=1S/C12H19NO4/c1-2-9-17-12(16)13-7-4-3-5-10(6-8-13)11(14)15/h2,10H,1,3-9H2,(H,14,15). The van der Waals surface area contributed by atoms with Gasteiger partial charge < -0.3 is 14.7 Å². The van der Waals surface area contributed by atoms with Crippen molar-refractivity contribution in [1.29, 1.82) is 0 Å². The summed E-state index contributed by atoms with van der Waals surface area (Å²) in [5, 5.41) is 8.97. The molecule has 5 nitrogen and oxygen atoms in total. The van der Waals surface area contributed by atoms with E-state index < -0.39 is 5.97 Å². The summed E-state index contributed by atoms with van der Waals surface area (Å²) >= 11 is 0. The third kappa shape index (κ3) is 4.46. The molecule has 1 heterocycles. The number of aliphatic carboxylic acids is 1. The molecular formula is C12H19NO4. The fourth-order valence-corrected chi connectivity index (χ4v) is 1.91. The smallest absolute Gasteiger partial charge is 0.410 e. The Morgan fingerprint density at radius 1 is 1.35 bits per heavy atom. The van der Waals surface area contributed by atoms with E-state index in [4.69, 9.17) is 9.84 Å². The molecule has 1 aliphatic rings. The molecule has 1 atom stereocenters. The first-order valence-corrected chi connectivity index (χ1v) is 5.90. The maximum absolute atomic E-state index is 11.6. The minimum absolute atomic E-state index is 0.192. The molecule has 0 bridgehead atoms. The number of likely N-dealkylation sites (tertiary alicyclic amines) is 1. The quantitative estimate of drug-likeness (QED) is 0.766. The van der Waals surface area contributed by atoms with Crippen molar-refractivity contribution in [2.24, 2.45) is 5.92 Å². The van der Waals surface area contributed by atoms with Crippen LogP contribution in [-0.4, -0.2) is 41.8 Å². The lowest BCUT2D eigenvalue weighted by Gasteiger charge is -2.26. The van der Waals surface area contributed by atoms with Crippen molar-refractivity contribution in [2.75, 3.05) is 19.7 Å². The van der Waals surface area contributed by atoms with Crippen molar-refractivity contribution in [2.45, 2.75) is 25.7 Å². The second kappa shape index (κ2) is 6.93. The molecule has 0 aromatic rings. The summed E-state index contributed by atoms with van der Waals surface area (Å²) in [6.07, 6.45) is 4.00. The summed E-state index contributed by atoms with van der Waals surface area (Å²) in [6, 6.07) is 0. The van der Waals surface area contributed by atoms with Crippen molar-refractivity contribution in [3.05, 3.63) is 12.7 Å². The van der Waals surface area contributed by atoms with Crippen LogP contribution in [0, 0.1) is 5.92 Å². The molecule has 1 saturated heterocycles. The van der Waals surface area contributed by atoms with Crippen LogP contribution in [0.25, 0.3) is 0 Å². The molecule has 17 heavy (non-hydrogen) atoms. The van der Waals surface area contributed by atoms with E-state index in [1.807, 2.05) is 0 Å². The summed E-state index contributed by atoms with van der Waals surface area (Å²) in [5.74, 6) is -1.11. The molecule has 0 aliphatic carbocycles. The largest absolute Gasteiger partial charge is 0.481 e. The van der Waals surface area contributed by atoms with Gasteiger partial charge in [0, 0.05) is 13.1 Å². The third-order valence-corrected chi connectivity index (χ3v) is 2.91. The Bertz CT molecular complexity index is 290. The number of ether oxygens (including phenoxy) is 1. The first-order valence-electron chi connectivity index (χ1n) is 5.90. The van der Waals surface area contributed by atoms with Crippen LogP contribution in [0.5, 0.6) is 0 Å². The predicted molar refractivity (Wildman–Crippen MR) is 62.7 cm³/mol. The highest BCUT2D eigenvalue weighted by Gasteiger charge is 2.23. The van der Waals surface area contributed by atoms with E-state index in [0.29, 0.717) is 25.9 Å². The zero-order chi connectivity index (χ0) is 12.7. The van der Waals surface area contributed by atoms with Crippen LogP contribution in [0.15, 0.2) is 12.7 Å². The second-order valence-electron chi connectivity index (χ2n) is 4.17. The highest BCUT2D eigenvalue weighted by molar-refractivity contribution is 5.70. The van der Waals surface area contributed by atoms with Crippen molar-refractivity contribution >= 4 is 12.1 Å². The highest BCUT2D eigenvalue weighted by atomic mass is 16.6. The molecule has 0 aromatic carbocycles. The molecular weight excluding hydrogens is 222 g/mol. The molecule has 0 saturated carbocycles. The molecule has 5 heteroatoms. The van der Waals surface area contributed by atoms with Gasteiger partial charge in [-0.05, 0) is 19.3 Å². The number of amides is 1. The maximum atomic E-state index is 11.6. The molecule has 1 fully saturated rings. The van der Waals surface area contributed by atoms with E-state index in [1.165, 1.54) is 6.08 Å². The molecule has 1 unspecified atom stereocenters. The Morgan fingerprint density at radius 3 is 2.76 bits per heavy atom. The number of nitrogens with zero attached hydrogens (tertiary/aromatic N) is 1. The average Bonchev–Trinajstić information content (AvgIpc) is 2.25. The minimum atomic E-state index is -0.772. The summed E-state index contributed by atoms with van der Waals surface area (Å²) in [4.78, 5) is 24.1. The third-order valence-electron chi connectivity index (χ3n) is 2.91. The highest BCUT2D eigenvalue weighted by Crippen LogP contribution is 2.18. The van der Waals surface area contributed by atoms with Gasteiger partial charge in [0.2, 0.25) is 0 Å². The fourth-order valence-electron chi connectivity index (χ4n) is 1.91. The van der Waals surface area contributed by atoms with E-state index in [9.17, 15) is 9.59 Å². The van der Waals surface area contributed by atoms with Crippen LogP contribution in [0.1, 0.15) is 25.7 Å². The monoisotopic (exact) mass is 241 g/mol. The van der Waals surface area contributed by atoms with Gasteiger partial charge in [-0.25, -0.2) is 4.79 Å². The Hall–Kier alpha value is -1.52. The zero-order valence-electron chi connectivity index (χ0n) is 9.93. The number of carbonyl (C=O) groups is 2. The lowest BCUT2D eigenvalue weighted by Crippen LogP contribution is -2.36. The van der Waals surface area contributed by atoms with Gasteiger partial charge in [-0.1, -0.05) is 19.1 Å². The number of carbonyl (C=O) groups excluding carboxylic acids is 1. The SMILES string of the molecule is C=CCOC(=O)N1CCCCC(C(=O)O)CC1. The van der Waals surface area contributed by atoms with Gasteiger partial charge in [0.15, 0.2) is 0 Å². The number of hydrogen-bond acceptors (Lipinski definition) is 3. The Labute approximate surface area is 101 Å². The van der Waals surface area contributed by atoms with Gasteiger partial charge in [0.05, 0.1) is 5.92 Å². The van der Waals surface area contributed by atoms with Crippen molar-refractivity contribution in [1.82, 2.24) is 4.90 Å². The van der Waals surface area contributed by atoms with Crippen molar-refractivity contribution in [3.63, 3.8) is 0 Å². The first-order chi connectivity index (χ1) is 8.15. The van der Waals surface area contributed by atoms with Gasteiger partial charge in [-0.3, -0.25) is 4.79 Å². The van der Waals surface area contributed by atoms with Crippen LogP contribution in [0.3, 0.4) is 0 Å². The van der Waals surface area contributed by atoms with Gasteiger partial charge >= 0.3 is 12.1 Å². The fraction of sp³-hybridized carbons (Fsp3) is 0.667. The molecule has 1 N–H and O–H groups in total. The molecule has 0 spiro atoms. The first kappa shape index (κ1) is 13.5. The minimum Gasteiger partial charge on any atom is -0.481 e. The number of carboxylic acid groups (broad SMARTS) is 1. The number of rotatable bonds is 3. The molecule has 0 aromatic heterocycles. The summed E-state index contributed by atoms with van der Waals surface area (Å²) in [7, 11) is 0. The van der Waals surface area contributed by atoms with Crippen LogP contribution >= 0.6 is 0 Å². The van der Waals surface area contributed by atoms with E-state index in [1.54, 1.807) is 4.90 Å². The lowest BCUT2D eigenvalue weighted by atomic mass is 9.96. The van der Waals surface area contributed by atoms with Gasteiger partial charge in [0.25, 0.3) is 0 Å². The molecule has 1 rings (SSSR count). The second-order valence-corrected chi connectivity index (χ2v) is 4.17. The molecule has 0 radical (unpaired) electrons. The Kier molecular flexibility index (Phi) is 5.52. The number of carboxylic acids is 1. The topological polar surface area (TPSA) is 66.8 Å². The lowest BCUT2D eigenvalue weighted by molar-refractivity contribution is -0.142. The van der Waals surface area contributed by atoms with Gasteiger partial charge in [-0.15, -0.1) is 0 Å². The van der Waals surface area contributed by atoms with E-state index in [-0.39, 0.29) is 18.6 Å². The van der Waals surface area contributed by atoms with Gasteiger partial charge in [-0.2, -0.15) is 0 Å². The Balaban J connectivity index is 2.47. The van der Waals surface area contributed by atoms with Gasteiger partial charge in [0.1, 0.15) is 6.61 Å². The molecule has 1 amide bonds.